The van der Waals surface area contributed by atoms with Gasteiger partial charge >= 0.3 is 0 Å². The topological polar surface area (TPSA) is 3.24 Å². The summed E-state index contributed by atoms with van der Waals surface area (Å²) in [5.41, 5.74) is 3.46. The minimum absolute atomic E-state index is 0.312. The molecule has 2 atom stereocenters. The first-order chi connectivity index (χ1) is 6.59. The van der Waals surface area contributed by atoms with E-state index in [0.29, 0.717) is 17.6 Å². The van der Waals surface area contributed by atoms with Crippen LogP contribution in [0.5, 0.6) is 0 Å². The van der Waals surface area contributed by atoms with E-state index in [9.17, 15) is 0 Å². The molecule has 1 fully saturated rings. The molecule has 2 aliphatic heterocycles. The van der Waals surface area contributed by atoms with Crippen molar-refractivity contribution in [3.05, 3.63) is 35.4 Å². The number of hydrogen-bond donors (Lipinski definition) is 0. The Morgan fingerprint density at radius 2 is 1.57 bits per heavy atom. The monoisotopic (exact) mass is 187 g/mol. The van der Waals surface area contributed by atoms with Gasteiger partial charge in [-0.15, -0.1) is 0 Å². The molecule has 2 bridgehead atoms. The Hall–Kier alpha value is -0.820. The lowest BCUT2D eigenvalue weighted by atomic mass is 9.91. The van der Waals surface area contributed by atoms with Crippen LogP contribution in [0.15, 0.2) is 24.3 Å². The Kier molecular flexibility index (Phi) is 1.46. The molecule has 0 aromatic heterocycles. The van der Waals surface area contributed by atoms with Crippen molar-refractivity contribution in [2.75, 3.05) is 0 Å². The van der Waals surface area contributed by atoms with Crippen molar-refractivity contribution in [2.45, 2.75) is 44.8 Å². The fraction of sp³-hybridized carbons (Fsp3) is 0.538. The van der Waals surface area contributed by atoms with Crippen LogP contribution < -0.4 is 0 Å². The predicted octanol–water partition coefficient (Wildman–Crippen LogP) is 3.29. The lowest BCUT2D eigenvalue weighted by Crippen LogP contribution is -2.49. The number of benzene rings is 1. The fourth-order valence-corrected chi connectivity index (χ4v) is 3.12. The summed E-state index contributed by atoms with van der Waals surface area (Å²) >= 11 is 0. The van der Waals surface area contributed by atoms with Crippen LogP contribution in [0, 0.1) is 0 Å². The maximum atomic E-state index is 2.65. The fourth-order valence-electron chi connectivity index (χ4n) is 3.12. The second-order valence-corrected chi connectivity index (χ2v) is 5.47. The Bertz CT molecular complexity index is 346. The Morgan fingerprint density at radius 3 is 2.00 bits per heavy atom. The van der Waals surface area contributed by atoms with Gasteiger partial charge in [0.25, 0.3) is 0 Å². The van der Waals surface area contributed by atoms with E-state index in [0.717, 1.165) is 0 Å². The first-order valence-electron chi connectivity index (χ1n) is 5.46. The van der Waals surface area contributed by atoms with E-state index in [1.165, 1.54) is 6.42 Å². The number of nitrogens with zero attached hydrogens (tertiary/aromatic N) is 1. The van der Waals surface area contributed by atoms with Gasteiger partial charge in [0.1, 0.15) is 0 Å². The molecule has 1 nitrogen and oxygen atoms in total. The summed E-state index contributed by atoms with van der Waals surface area (Å²) in [6.07, 6.45) is 1.34. The second-order valence-electron chi connectivity index (χ2n) is 5.47. The lowest BCUT2D eigenvalue weighted by Gasteiger charge is -2.49. The molecule has 0 N–H and O–H groups in total. The number of rotatable bonds is 0. The molecule has 1 aromatic carbocycles. The Balaban J connectivity index is 2.03. The highest BCUT2D eigenvalue weighted by molar-refractivity contribution is 5.43. The van der Waals surface area contributed by atoms with Gasteiger partial charge in [-0.3, -0.25) is 4.90 Å². The van der Waals surface area contributed by atoms with Gasteiger partial charge in [-0.05, 0) is 38.3 Å². The zero-order chi connectivity index (χ0) is 9.92. The van der Waals surface area contributed by atoms with Crippen LogP contribution in [-0.2, 0) is 0 Å². The molecule has 0 saturated carbocycles. The molecule has 3 aliphatic rings. The molecule has 74 valence electrons. The smallest absolute Gasteiger partial charge is 0.0381 e. The first kappa shape index (κ1) is 8.49. The minimum atomic E-state index is 0.312. The summed E-state index contributed by atoms with van der Waals surface area (Å²) in [6, 6.07) is 10.3. The normalized spacial score (nSPS) is 29.9. The van der Waals surface area contributed by atoms with Gasteiger partial charge in [0.15, 0.2) is 0 Å². The standard InChI is InChI=1S/C13H17N/c1-13(2,3)14-11-8-12(14)10-7-5-4-6-9(10)11/h4-7,11-12H,8H2,1-3H3. The molecule has 1 aliphatic carbocycles. The number of hydrogen-bond acceptors (Lipinski definition) is 1. The molecule has 1 saturated heterocycles. The summed E-state index contributed by atoms with van der Waals surface area (Å²) in [6.45, 7) is 6.95. The van der Waals surface area contributed by atoms with Gasteiger partial charge < -0.3 is 0 Å². The lowest BCUT2D eigenvalue weighted by molar-refractivity contribution is -0.0397. The van der Waals surface area contributed by atoms with E-state index in [-0.39, 0.29) is 0 Å². The average molecular weight is 187 g/mol. The van der Waals surface area contributed by atoms with Crippen molar-refractivity contribution >= 4 is 0 Å². The van der Waals surface area contributed by atoms with Crippen LogP contribution in [0.1, 0.15) is 50.4 Å². The van der Waals surface area contributed by atoms with Crippen molar-refractivity contribution in [3.8, 4) is 0 Å². The second kappa shape index (κ2) is 2.40. The van der Waals surface area contributed by atoms with Crippen LogP contribution in [0.3, 0.4) is 0 Å². The van der Waals surface area contributed by atoms with Crippen LogP contribution >= 0.6 is 0 Å². The van der Waals surface area contributed by atoms with Crippen molar-refractivity contribution in [2.24, 2.45) is 0 Å². The molecular weight excluding hydrogens is 170 g/mol. The van der Waals surface area contributed by atoms with Crippen LogP contribution in [0.2, 0.25) is 0 Å². The van der Waals surface area contributed by atoms with Crippen molar-refractivity contribution in [1.29, 1.82) is 0 Å². The Labute approximate surface area is 85.7 Å². The van der Waals surface area contributed by atoms with Gasteiger partial charge in [0.2, 0.25) is 0 Å². The van der Waals surface area contributed by atoms with Gasteiger partial charge in [0.05, 0.1) is 0 Å². The maximum Gasteiger partial charge on any atom is 0.0381 e. The van der Waals surface area contributed by atoms with E-state index in [1.54, 1.807) is 11.1 Å². The van der Waals surface area contributed by atoms with Gasteiger partial charge in [-0.25, -0.2) is 0 Å². The van der Waals surface area contributed by atoms with Crippen LogP contribution in [0.25, 0.3) is 0 Å². The van der Waals surface area contributed by atoms with Crippen molar-refractivity contribution in [3.63, 3.8) is 0 Å². The van der Waals surface area contributed by atoms with Crippen LogP contribution in [0.4, 0.5) is 0 Å². The molecule has 1 heteroatoms. The summed E-state index contributed by atoms with van der Waals surface area (Å²) in [5, 5.41) is 0. The average Bonchev–Trinajstić information content (AvgIpc) is 2.51. The quantitative estimate of drug-likeness (QED) is 0.602. The molecule has 2 unspecified atom stereocenters. The predicted molar refractivity (Wildman–Crippen MR) is 58.1 cm³/mol. The highest BCUT2D eigenvalue weighted by atomic mass is 15.3. The third kappa shape index (κ3) is 0.885. The summed E-state index contributed by atoms with van der Waals surface area (Å²) in [5.74, 6) is 0. The molecular formula is C13H17N. The Morgan fingerprint density at radius 1 is 1.07 bits per heavy atom. The van der Waals surface area contributed by atoms with Crippen molar-refractivity contribution in [1.82, 2.24) is 4.90 Å². The molecule has 14 heavy (non-hydrogen) atoms. The van der Waals surface area contributed by atoms with Crippen molar-refractivity contribution < 1.29 is 0 Å². The third-order valence-corrected chi connectivity index (χ3v) is 3.61. The highest BCUT2D eigenvalue weighted by Gasteiger charge is 2.52. The largest absolute Gasteiger partial charge is 0.284 e. The van der Waals surface area contributed by atoms with Gasteiger partial charge in [-0.1, -0.05) is 24.3 Å². The molecule has 2 heterocycles. The van der Waals surface area contributed by atoms with E-state index < -0.39 is 0 Å². The zero-order valence-corrected chi connectivity index (χ0v) is 9.12. The summed E-state index contributed by atoms with van der Waals surface area (Å²) in [4.78, 5) is 2.65. The molecule has 4 rings (SSSR count). The van der Waals surface area contributed by atoms with Crippen LogP contribution in [-0.4, -0.2) is 10.4 Å². The first-order valence-corrected chi connectivity index (χ1v) is 5.46. The van der Waals surface area contributed by atoms with Gasteiger partial charge in [-0.2, -0.15) is 0 Å². The highest BCUT2D eigenvalue weighted by Crippen LogP contribution is 2.59. The maximum absolute atomic E-state index is 2.65. The zero-order valence-electron chi connectivity index (χ0n) is 9.12. The summed E-state index contributed by atoms with van der Waals surface area (Å²) < 4.78 is 0. The molecule has 1 aromatic rings. The minimum Gasteiger partial charge on any atom is -0.284 e. The van der Waals surface area contributed by atoms with Gasteiger partial charge in [0, 0.05) is 17.6 Å². The molecule has 0 radical (unpaired) electrons. The van der Waals surface area contributed by atoms with E-state index in [2.05, 4.69) is 49.9 Å². The van der Waals surface area contributed by atoms with E-state index >= 15 is 0 Å². The molecule has 0 spiro atoms. The molecule has 0 amide bonds. The summed E-state index contributed by atoms with van der Waals surface area (Å²) in [7, 11) is 0. The van der Waals surface area contributed by atoms with E-state index in [4.69, 9.17) is 0 Å². The SMILES string of the molecule is CC(C)(C)N1C2CC1c1ccccc12. The van der Waals surface area contributed by atoms with E-state index in [1.807, 2.05) is 0 Å². The third-order valence-electron chi connectivity index (χ3n) is 3.61.